The number of aryl methyl sites for hydroxylation is 1. The molecule has 0 aromatic carbocycles. The van der Waals surface area contributed by atoms with E-state index >= 15 is 0 Å². The van der Waals surface area contributed by atoms with Crippen molar-refractivity contribution in [2.24, 2.45) is 0 Å². The lowest BCUT2D eigenvalue weighted by molar-refractivity contribution is -0.114. The Kier molecular flexibility index (Phi) is 4.24. The van der Waals surface area contributed by atoms with Crippen LogP contribution in [-0.4, -0.2) is 43.2 Å². The number of carbonyl (C=O) groups excluding carboxylic acids is 1. The summed E-state index contributed by atoms with van der Waals surface area (Å²) < 4.78 is 4.13. The molecule has 2 aromatic rings. The zero-order chi connectivity index (χ0) is 15.5. The summed E-state index contributed by atoms with van der Waals surface area (Å²) in [5.74, 6) is 1.64. The van der Waals surface area contributed by atoms with Crippen molar-refractivity contribution < 1.29 is 4.79 Å². The molecular weight excluding hydrogens is 280 g/mol. The fraction of sp³-hybridized carbons (Fsp3) is 0.533. The second kappa shape index (κ2) is 6.31. The predicted molar refractivity (Wildman–Crippen MR) is 83.4 cm³/mol. The first-order valence-corrected chi connectivity index (χ1v) is 7.71. The van der Waals surface area contributed by atoms with E-state index in [4.69, 9.17) is 0 Å². The second-order valence-corrected chi connectivity index (χ2v) is 5.67. The maximum Gasteiger partial charge on any atom is 0.222 e. The summed E-state index contributed by atoms with van der Waals surface area (Å²) >= 11 is 0. The summed E-state index contributed by atoms with van der Waals surface area (Å²) in [7, 11) is 0. The molecule has 7 heteroatoms. The molecule has 1 unspecified atom stereocenters. The minimum absolute atomic E-state index is 0.0929. The van der Waals surface area contributed by atoms with Crippen LogP contribution in [0.25, 0.3) is 0 Å². The monoisotopic (exact) mass is 302 g/mol. The van der Waals surface area contributed by atoms with Gasteiger partial charge in [0.25, 0.3) is 0 Å². The van der Waals surface area contributed by atoms with Gasteiger partial charge in [0.2, 0.25) is 5.91 Å². The number of anilines is 1. The predicted octanol–water partition coefficient (Wildman–Crippen LogP) is 1.50. The lowest BCUT2D eigenvalue weighted by Gasteiger charge is -2.16. The van der Waals surface area contributed by atoms with Crippen molar-refractivity contribution in [3.8, 4) is 0 Å². The third-order valence-corrected chi connectivity index (χ3v) is 4.04. The van der Waals surface area contributed by atoms with Gasteiger partial charge in [-0.05, 0) is 13.3 Å². The van der Waals surface area contributed by atoms with E-state index in [1.807, 2.05) is 29.3 Å². The van der Waals surface area contributed by atoms with Crippen LogP contribution in [0.5, 0.6) is 0 Å². The van der Waals surface area contributed by atoms with Crippen molar-refractivity contribution in [1.29, 1.82) is 0 Å². The molecule has 22 heavy (non-hydrogen) atoms. The summed E-state index contributed by atoms with van der Waals surface area (Å²) in [5, 5.41) is 7.15. The molecule has 1 aliphatic heterocycles. The molecule has 1 fully saturated rings. The lowest BCUT2D eigenvalue weighted by atomic mass is 10.3. The van der Waals surface area contributed by atoms with Crippen LogP contribution in [0.2, 0.25) is 0 Å². The number of amides is 1. The fourth-order valence-corrected chi connectivity index (χ4v) is 2.94. The third kappa shape index (κ3) is 3.19. The molecule has 1 N–H and O–H groups in total. The van der Waals surface area contributed by atoms with Gasteiger partial charge in [-0.2, -0.15) is 5.10 Å². The molecule has 1 amide bonds. The minimum atomic E-state index is -0.0929. The fourth-order valence-electron chi connectivity index (χ4n) is 2.94. The van der Waals surface area contributed by atoms with Gasteiger partial charge in [0, 0.05) is 51.2 Å². The van der Waals surface area contributed by atoms with Crippen molar-refractivity contribution in [2.45, 2.75) is 39.4 Å². The molecule has 1 aliphatic rings. The zero-order valence-electron chi connectivity index (χ0n) is 13.1. The van der Waals surface area contributed by atoms with Crippen molar-refractivity contribution in [3.63, 3.8) is 0 Å². The Morgan fingerprint density at radius 1 is 1.45 bits per heavy atom. The van der Waals surface area contributed by atoms with Crippen molar-refractivity contribution in [1.82, 2.24) is 24.2 Å². The number of nitrogens with one attached hydrogen (secondary N) is 1. The summed E-state index contributed by atoms with van der Waals surface area (Å²) in [5.41, 5.74) is 0. The van der Waals surface area contributed by atoms with E-state index in [1.165, 1.54) is 6.92 Å². The van der Waals surface area contributed by atoms with Gasteiger partial charge in [-0.25, -0.2) is 4.98 Å². The van der Waals surface area contributed by atoms with Gasteiger partial charge < -0.3 is 9.88 Å². The highest BCUT2D eigenvalue weighted by Gasteiger charge is 2.25. The first-order valence-electron chi connectivity index (χ1n) is 7.71. The number of rotatable bonds is 5. The van der Waals surface area contributed by atoms with Gasteiger partial charge in [0.05, 0.1) is 12.6 Å². The van der Waals surface area contributed by atoms with E-state index in [-0.39, 0.29) is 5.91 Å². The Labute approximate surface area is 129 Å². The molecule has 0 spiro atoms. The van der Waals surface area contributed by atoms with E-state index in [2.05, 4.69) is 31.8 Å². The first-order chi connectivity index (χ1) is 10.7. The van der Waals surface area contributed by atoms with E-state index in [9.17, 15) is 4.79 Å². The highest BCUT2D eigenvalue weighted by molar-refractivity contribution is 5.87. The lowest BCUT2D eigenvalue weighted by Crippen LogP contribution is -2.23. The quantitative estimate of drug-likeness (QED) is 0.909. The van der Waals surface area contributed by atoms with Crippen LogP contribution in [0.3, 0.4) is 0 Å². The van der Waals surface area contributed by atoms with Gasteiger partial charge >= 0.3 is 0 Å². The first kappa shape index (κ1) is 14.8. The molecule has 0 saturated carbocycles. The van der Waals surface area contributed by atoms with Crippen LogP contribution in [0.4, 0.5) is 5.82 Å². The molecule has 3 heterocycles. The maximum atomic E-state index is 11.1. The van der Waals surface area contributed by atoms with Crippen molar-refractivity contribution >= 4 is 11.7 Å². The Bertz CT molecular complexity index is 646. The number of carbonyl (C=O) groups is 1. The summed E-state index contributed by atoms with van der Waals surface area (Å²) in [6, 6.07) is 2.20. The highest BCUT2D eigenvalue weighted by Crippen LogP contribution is 2.23. The number of aromatic nitrogens is 4. The summed E-state index contributed by atoms with van der Waals surface area (Å²) in [6.07, 6.45) is 6.89. The number of hydrogen-bond acceptors (Lipinski definition) is 4. The van der Waals surface area contributed by atoms with E-state index < -0.39 is 0 Å². The third-order valence-electron chi connectivity index (χ3n) is 4.04. The molecule has 1 atom stereocenters. The molecule has 3 rings (SSSR count). The molecule has 7 nitrogen and oxygen atoms in total. The van der Waals surface area contributed by atoms with Gasteiger partial charge in [0.15, 0.2) is 5.82 Å². The highest BCUT2D eigenvalue weighted by atomic mass is 16.1. The van der Waals surface area contributed by atoms with Crippen LogP contribution in [0.15, 0.2) is 24.7 Å². The number of imidazole rings is 1. The second-order valence-electron chi connectivity index (χ2n) is 5.67. The average molecular weight is 302 g/mol. The molecular formula is C15H22N6O. The van der Waals surface area contributed by atoms with Crippen molar-refractivity contribution in [2.75, 3.05) is 18.4 Å². The van der Waals surface area contributed by atoms with Crippen LogP contribution in [-0.2, 0) is 17.9 Å². The largest absolute Gasteiger partial charge is 0.334 e. The Balaban J connectivity index is 1.60. The van der Waals surface area contributed by atoms with Gasteiger partial charge in [-0.1, -0.05) is 0 Å². The molecule has 0 aliphatic carbocycles. The molecule has 118 valence electrons. The average Bonchev–Trinajstić information content (AvgIpc) is 3.18. The number of likely N-dealkylation sites (tertiary alicyclic amines) is 1. The summed E-state index contributed by atoms with van der Waals surface area (Å²) in [6.45, 7) is 7.44. The molecule has 0 radical (unpaired) electrons. The minimum Gasteiger partial charge on any atom is -0.334 e. The Morgan fingerprint density at radius 2 is 2.32 bits per heavy atom. The topological polar surface area (TPSA) is 68.0 Å². The van der Waals surface area contributed by atoms with Gasteiger partial charge in [-0.3, -0.25) is 14.4 Å². The van der Waals surface area contributed by atoms with E-state index in [0.29, 0.717) is 11.9 Å². The van der Waals surface area contributed by atoms with Crippen LogP contribution in [0, 0.1) is 0 Å². The van der Waals surface area contributed by atoms with E-state index in [1.54, 1.807) is 0 Å². The van der Waals surface area contributed by atoms with Gasteiger partial charge in [-0.15, -0.1) is 0 Å². The zero-order valence-corrected chi connectivity index (χ0v) is 13.1. The van der Waals surface area contributed by atoms with Crippen LogP contribution < -0.4 is 5.32 Å². The number of hydrogen-bond donors (Lipinski definition) is 1. The standard InChI is InChI=1S/C15H22N6O/c1-3-20-9-6-16-15(20)11-19-7-4-13(10-19)21-8-5-14(18-21)17-12(2)22/h5-6,8-9,13H,3-4,7,10-11H2,1-2H3,(H,17,18,22). The molecule has 1 saturated heterocycles. The van der Waals surface area contributed by atoms with Crippen LogP contribution >= 0.6 is 0 Å². The van der Waals surface area contributed by atoms with Crippen molar-refractivity contribution in [3.05, 3.63) is 30.5 Å². The smallest absolute Gasteiger partial charge is 0.222 e. The Hall–Kier alpha value is -2.15. The molecule has 0 bridgehead atoms. The Morgan fingerprint density at radius 3 is 3.09 bits per heavy atom. The number of nitrogens with zero attached hydrogens (tertiary/aromatic N) is 5. The SMILES string of the molecule is CCn1ccnc1CN1CCC(n2ccc(NC(C)=O)n2)C1. The van der Waals surface area contributed by atoms with Gasteiger partial charge in [0.1, 0.15) is 5.82 Å². The van der Waals surface area contributed by atoms with Crippen LogP contribution in [0.1, 0.15) is 32.1 Å². The summed E-state index contributed by atoms with van der Waals surface area (Å²) in [4.78, 5) is 17.9. The molecule has 2 aromatic heterocycles. The normalized spacial score (nSPS) is 18.7. The maximum absolute atomic E-state index is 11.1. The van der Waals surface area contributed by atoms with E-state index in [0.717, 1.165) is 38.4 Å².